The summed E-state index contributed by atoms with van der Waals surface area (Å²) in [5.41, 5.74) is 4.16. The maximum atomic E-state index is 12.0. The fourth-order valence-electron chi connectivity index (χ4n) is 1.22. The third-order valence-corrected chi connectivity index (χ3v) is 2.90. The first-order valence-electron chi connectivity index (χ1n) is 5.52. The van der Waals surface area contributed by atoms with Gasteiger partial charge in [0.05, 0.1) is 16.6 Å². The van der Waals surface area contributed by atoms with Crippen molar-refractivity contribution in [3.05, 3.63) is 21.6 Å². The summed E-state index contributed by atoms with van der Waals surface area (Å²) in [6.45, 7) is 3.55. The van der Waals surface area contributed by atoms with Gasteiger partial charge < -0.3 is 11.1 Å². The monoisotopic (exact) mass is 282 g/mol. The fourth-order valence-corrected chi connectivity index (χ4v) is 1.42. The van der Waals surface area contributed by atoms with Gasteiger partial charge in [-0.2, -0.15) is 5.10 Å². The van der Waals surface area contributed by atoms with E-state index in [0.717, 1.165) is 4.68 Å². The van der Waals surface area contributed by atoms with Crippen LogP contribution >= 0.6 is 11.6 Å². The Morgan fingerprint density at radius 2 is 2.32 bits per heavy atom. The van der Waals surface area contributed by atoms with Gasteiger partial charge in [-0.1, -0.05) is 17.5 Å². The van der Waals surface area contributed by atoms with Crippen LogP contribution in [0.5, 0.6) is 0 Å². The molecule has 0 unspecified atom stereocenters. The second-order valence-corrected chi connectivity index (χ2v) is 5.04. The SMILES string of the molecule is C#CCn1ncc(Cl)c(NCC(C)(C)C(N)=O)c1=O. The van der Waals surface area contributed by atoms with Crippen molar-refractivity contribution >= 4 is 23.2 Å². The number of primary amides is 1. The molecule has 6 nitrogen and oxygen atoms in total. The van der Waals surface area contributed by atoms with E-state index >= 15 is 0 Å². The zero-order chi connectivity index (χ0) is 14.6. The molecular formula is C12H15ClN4O2. The third-order valence-electron chi connectivity index (χ3n) is 2.61. The van der Waals surface area contributed by atoms with Gasteiger partial charge in [0.1, 0.15) is 12.2 Å². The fraction of sp³-hybridized carbons (Fsp3) is 0.417. The topological polar surface area (TPSA) is 90.0 Å². The average molecular weight is 283 g/mol. The van der Waals surface area contributed by atoms with Gasteiger partial charge in [-0.05, 0) is 13.8 Å². The second kappa shape index (κ2) is 5.76. The lowest BCUT2D eigenvalue weighted by molar-refractivity contribution is -0.125. The first-order chi connectivity index (χ1) is 8.79. The van der Waals surface area contributed by atoms with Gasteiger partial charge in [-0.15, -0.1) is 6.42 Å². The van der Waals surface area contributed by atoms with E-state index in [9.17, 15) is 9.59 Å². The minimum Gasteiger partial charge on any atom is -0.378 e. The summed E-state index contributed by atoms with van der Waals surface area (Å²) in [6, 6.07) is 0. The molecule has 0 aliphatic carbocycles. The van der Waals surface area contributed by atoms with Crippen molar-refractivity contribution < 1.29 is 4.79 Å². The van der Waals surface area contributed by atoms with Gasteiger partial charge in [0, 0.05) is 6.54 Å². The average Bonchev–Trinajstić information content (AvgIpc) is 2.32. The lowest BCUT2D eigenvalue weighted by Crippen LogP contribution is -2.38. The number of terminal acetylenes is 1. The van der Waals surface area contributed by atoms with Crippen molar-refractivity contribution in [2.45, 2.75) is 20.4 Å². The van der Waals surface area contributed by atoms with Gasteiger partial charge in [0.25, 0.3) is 5.56 Å². The van der Waals surface area contributed by atoms with Gasteiger partial charge in [0.15, 0.2) is 0 Å². The van der Waals surface area contributed by atoms with E-state index in [-0.39, 0.29) is 23.8 Å². The van der Waals surface area contributed by atoms with Gasteiger partial charge in [-0.25, -0.2) is 4.68 Å². The van der Waals surface area contributed by atoms with Crippen molar-refractivity contribution in [2.24, 2.45) is 11.1 Å². The lowest BCUT2D eigenvalue weighted by Gasteiger charge is -2.21. The number of carbonyl (C=O) groups excluding carboxylic acids is 1. The number of anilines is 1. The summed E-state index contributed by atoms with van der Waals surface area (Å²) in [5.74, 6) is 1.84. The van der Waals surface area contributed by atoms with Crippen LogP contribution in [0.1, 0.15) is 13.8 Å². The zero-order valence-corrected chi connectivity index (χ0v) is 11.5. The largest absolute Gasteiger partial charge is 0.378 e. The second-order valence-electron chi connectivity index (χ2n) is 4.64. The van der Waals surface area contributed by atoms with Crippen LogP contribution in [0.2, 0.25) is 5.02 Å². The Hall–Kier alpha value is -2.00. The number of nitrogens with zero attached hydrogens (tertiary/aromatic N) is 2. The Morgan fingerprint density at radius 3 is 2.84 bits per heavy atom. The van der Waals surface area contributed by atoms with Gasteiger partial charge in [-0.3, -0.25) is 9.59 Å². The summed E-state index contributed by atoms with van der Waals surface area (Å²) in [4.78, 5) is 23.2. The molecule has 0 aliphatic rings. The molecule has 0 aliphatic heterocycles. The third kappa shape index (κ3) is 3.48. The molecule has 0 fully saturated rings. The van der Waals surface area contributed by atoms with E-state index in [1.165, 1.54) is 6.20 Å². The number of nitrogens with one attached hydrogen (secondary N) is 1. The van der Waals surface area contributed by atoms with Crippen LogP contribution in [0.4, 0.5) is 5.69 Å². The van der Waals surface area contributed by atoms with Crippen molar-refractivity contribution in [1.82, 2.24) is 9.78 Å². The van der Waals surface area contributed by atoms with Crippen LogP contribution in [-0.2, 0) is 11.3 Å². The molecule has 19 heavy (non-hydrogen) atoms. The smallest absolute Gasteiger partial charge is 0.292 e. The summed E-state index contributed by atoms with van der Waals surface area (Å²) in [7, 11) is 0. The molecule has 0 bridgehead atoms. The number of nitrogens with two attached hydrogens (primary N) is 1. The molecule has 0 aromatic carbocycles. The highest BCUT2D eigenvalue weighted by Gasteiger charge is 2.25. The number of rotatable bonds is 5. The number of halogens is 1. The van der Waals surface area contributed by atoms with E-state index < -0.39 is 16.9 Å². The number of aromatic nitrogens is 2. The summed E-state index contributed by atoms with van der Waals surface area (Å²) in [5, 5.41) is 6.80. The lowest BCUT2D eigenvalue weighted by atomic mass is 9.93. The van der Waals surface area contributed by atoms with Crippen molar-refractivity contribution in [2.75, 3.05) is 11.9 Å². The molecule has 0 spiro atoms. The molecule has 1 amide bonds. The zero-order valence-electron chi connectivity index (χ0n) is 10.7. The molecule has 3 N–H and O–H groups in total. The summed E-state index contributed by atoms with van der Waals surface area (Å²) in [6.07, 6.45) is 6.46. The number of hydrogen-bond donors (Lipinski definition) is 2. The van der Waals surface area contributed by atoms with E-state index in [0.29, 0.717) is 0 Å². The number of carbonyl (C=O) groups is 1. The van der Waals surface area contributed by atoms with Gasteiger partial charge in [0.2, 0.25) is 5.91 Å². The predicted molar refractivity (Wildman–Crippen MR) is 73.8 cm³/mol. The summed E-state index contributed by atoms with van der Waals surface area (Å²) < 4.78 is 1.10. The van der Waals surface area contributed by atoms with E-state index in [2.05, 4.69) is 16.3 Å². The maximum Gasteiger partial charge on any atom is 0.292 e. The molecular weight excluding hydrogens is 268 g/mol. The highest BCUT2D eigenvalue weighted by atomic mass is 35.5. The van der Waals surface area contributed by atoms with E-state index in [1.807, 2.05) is 0 Å². The van der Waals surface area contributed by atoms with Crippen LogP contribution < -0.4 is 16.6 Å². The Bertz CT molecular complexity index is 586. The van der Waals surface area contributed by atoms with Crippen molar-refractivity contribution in [3.63, 3.8) is 0 Å². The Balaban J connectivity index is 3.02. The molecule has 1 aromatic heterocycles. The van der Waals surface area contributed by atoms with Crippen LogP contribution in [-0.4, -0.2) is 22.2 Å². The maximum absolute atomic E-state index is 12.0. The Kier molecular flexibility index (Phi) is 4.57. The van der Waals surface area contributed by atoms with E-state index in [1.54, 1.807) is 13.8 Å². The molecule has 0 atom stereocenters. The molecule has 1 aromatic rings. The van der Waals surface area contributed by atoms with Crippen LogP contribution in [0, 0.1) is 17.8 Å². The molecule has 0 saturated heterocycles. The first-order valence-corrected chi connectivity index (χ1v) is 5.90. The van der Waals surface area contributed by atoms with Crippen molar-refractivity contribution in [3.8, 4) is 12.3 Å². The first kappa shape index (κ1) is 15.1. The van der Waals surface area contributed by atoms with E-state index in [4.69, 9.17) is 23.8 Å². The molecule has 1 rings (SSSR count). The molecule has 102 valence electrons. The van der Waals surface area contributed by atoms with Crippen LogP contribution in [0.3, 0.4) is 0 Å². The minimum absolute atomic E-state index is 0.0455. The number of amides is 1. The molecule has 7 heteroatoms. The number of hydrogen-bond acceptors (Lipinski definition) is 4. The molecule has 0 saturated carbocycles. The van der Waals surface area contributed by atoms with Crippen LogP contribution in [0.25, 0.3) is 0 Å². The standard InChI is InChI=1S/C12H15ClN4O2/c1-4-5-17-10(18)9(8(13)6-16-17)15-7-12(2,3)11(14)19/h1,6,15H,5,7H2,2-3H3,(H2,14,19). The molecule has 1 heterocycles. The highest BCUT2D eigenvalue weighted by molar-refractivity contribution is 6.33. The minimum atomic E-state index is -0.810. The highest BCUT2D eigenvalue weighted by Crippen LogP contribution is 2.19. The Morgan fingerprint density at radius 1 is 1.68 bits per heavy atom. The quantitative estimate of drug-likeness (QED) is 0.768. The molecule has 0 radical (unpaired) electrons. The van der Waals surface area contributed by atoms with Crippen LogP contribution in [0.15, 0.2) is 11.0 Å². The predicted octanol–water partition coefficient (Wildman–Crippen LogP) is 0.453. The van der Waals surface area contributed by atoms with Gasteiger partial charge >= 0.3 is 0 Å². The summed E-state index contributed by atoms with van der Waals surface area (Å²) >= 11 is 5.90. The Labute approximate surface area is 115 Å². The normalized spacial score (nSPS) is 10.8. The van der Waals surface area contributed by atoms with Crippen molar-refractivity contribution in [1.29, 1.82) is 0 Å².